The minimum Gasteiger partial charge on any atom is -0.478 e. The number of anilines is 1. The van der Waals surface area contributed by atoms with Crippen molar-refractivity contribution in [3.05, 3.63) is 65.5 Å². The number of benzene rings is 2. The van der Waals surface area contributed by atoms with Gasteiger partial charge in [-0.3, -0.25) is 0 Å². The molecule has 0 spiro atoms. The third kappa shape index (κ3) is 5.64. The SMILES string of the molecule is CCn1cc(C(=O)O)c2ccc(N3C4CCC3CC(F)(COCc3c(-c5ccccc5OC(F)(F)F)noc3C3CC3)C4)cc21. The van der Waals surface area contributed by atoms with Crippen LogP contribution in [0.2, 0.25) is 0 Å². The maximum absolute atomic E-state index is 16.4. The van der Waals surface area contributed by atoms with Crippen LogP contribution in [-0.4, -0.2) is 51.5 Å². The van der Waals surface area contributed by atoms with Gasteiger partial charge in [0.2, 0.25) is 0 Å². The Morgan fingerprint density at radius 3 is 2.51 bits per heavy atom. The van der Waals surface area contributed by atoms with E-state index < -0.39 is 23.7 Å². The van der Waals surface area contributed by atoms with E-state index in [0.717, 1.165) is 36.9 Å². The lowest BCUT2D eigenvalue weighted by Gasteiger charge is -2.43. The number of carboxylic acids is 1. The van der Waals surface area contributed by atoms with Gasteiger partial charge in [0.05, 0.1) is 24.3 Å². The van der Waals surface area contributed by atoms with Crippen LogP contribution < -0.4 is 9.64 Å². The molecule has 45 heavy (non-hydrogen) atoms. The molecule has 0 amide bonds. The van der Waals surface area contributed by atoms with E-state index in [9.17, 15) is 23.1 Å². The Morgan fingerprint density at radius 1 is 1.11 bits per heavy atom. The zero-order chi connectivity index (χ0) is 31.5. The maximum atomic E-state index is 16.4. The highest BCUT2D eigenvalue weighted by Gasteiger charge is 2.49. The first-order chi connectivity index (χ1) is 21.5. The Labute approximate surface area is 256 Å². The van der Waals surface area contributed by atoms with Gasteiger partial charge < -0.3 is 28.6 Å². The first kappa shape index (κ1) is 29.6. The van der Waals surface area contributed by atoms with Gasteiger partial charge in [-0.2, -0.15) is 0 Å². The second-order valence-corrected chi connectivity index (χ2v) is 12.4. The van der Waals surface area contributed by atoms with E-state index in [1.807, 2.05) is 29.7 Å². The topological polar surface area (TPSA) is 90.0 Å². The number of aromatic carboxylic acids is 1. The van der Waals surface area contributed by atoms with Crippen molar-refractivity contribution in [3.63, 3.8) is 0 Å². The summed E-state index contributed by atoms with van der Waals surface area (Å²) in [5.41, 5.74) is 1.33. The maximum Gasteiger partial charge on any atom is 0.573 e. The number of hydrogen-bond acceptors (Lipinski definition) is 6. The summed E-state index contributed by atoms with van der Waals surface area (Å²) in [5, 5.41) is 14.4. The van der Waals surface area contributed by atoms with Crippen LogP contribution >= 0.6 is 0 Å². The Balaban J connectivity index is 1.08. The molecule has 12 heteroatoms. The molecule has 3 aliphatic rings. The molecule has 4 aromatic rings. The van der Waals surface area contributed by atoms with Crippen molar-refractivity contribution in [1.29, 1.82) is 0 Å². The molecule has 8 nitrogen and oxygen atoms in total. The zero-order valence-corrected chi connectivity index (χ0v) is 24.6. The van der Waals surface area contributed by atoms with E-state index in [2.05, 4.69) is 14.8 Å². The van der Waals surface area contributed by atoms with Gasteiger partial charge in [-0.25, -0.2) is 9.18 Å². The monoisotopic (exact) mass is 627 g/mol. The summed E-state index contributed by atoms with van der Waals surface area (Å²) < 4.78 is 73.5. The fourth-order valence-electron chi connectivity index (χ4n) is 7.25. The van der Waals surface area contributed by atoms with Gasteiger partial charge in [-0.05, 0) is 62.9 Å². The summed E-state index contributed by atoms with van der Waals surface area (Å²) >= 11 is 0. The average Bonchev–Trinajstić information content (AvgIpc) is 3.54. The van der Waals surface area contributed by atoms with Gasteiger partial charge in [0, 0.05) is 65.8 Å². The molecule has 7 rings (SSSR count). The number of para-hydroxylation sites is 1. The van der Waals surface area contributed by atoms with Crippen molar-refractivity contribution in [1.82, 2.24) is 9.72 Å². The molecule has 2 aliphatic heterocycles. The van der Waals surface area contributed by atoms with Crippen LogP contribution in [0, 0.1) is 0 Å². The lowest BCUT2D eigenvalue weighted by atomic mass is 9.88. The second-order valence-electron chi connectivity index (χ2n) is 12.4. The molecule has 2 saturated heterocycles. The van der Waals surface area contributed by atoms with E-state index in [0.29, 0.717) is 23.3 Å². The third-order valence-corrected chi connectivity index (χ3v) is 9.30. The molecule has 2 bridgehead atoms. The largest absolute Gasteiger partial charge is 0.573 e. The van der Waals surface area contributed by atoms with Crippen molar-refractivity contribution < 1.29 is 41.5 Å². The number of carboxylic acid groups (broad SMARTS) is 1. The summed E-state index contributed by atoms with van der Waals surface area (Å²) in [6, 6.07) is 11.4. The van der Waals surface area contributed by atoms with Gasteiger partial charge in [-0.15, -0.1) is 13.2 Å². The zero-order valence-electron chi connectivity index (χ0n) is 24.6. The van der Waals surface area contributed by atoms with E-state index in [4.69, 9.17) is 9.26 Å². The molecule has 4 heterocycles. The molecule has 2 unspecified atom stereocenters. The first-order valence-electron chi connectivity index (χ1n) is 15.3. The van der Waals surface area contributed by atoms with Crippen LogP contribution in [-0.2, 0) is 17.9 Å². The molecular weight excluding hydrogens is 594 g/mol. The Bertz CT molecular complexity index is 1730. The minimum atomic E-state index is -4.88. The molecule has 1 N–H and O–H groups in total. The summed E-state index contributed by atoms with van der Waals surface area (Å²) in [5.74, 6) is -0.692. The van der Waals surface area contributed by atoms with Crippen molar-refractivity contribution in [2.75, 3.05) is 11.5 Å². The number of rotatable bonds is 10. The molecule has 1 saturated carbocycles. The van der Waals surface area contributed by atoms with Crippen LogP contribution in [0.1, 0.15) is 73.0 Å². The fraction of sp³-hybridized carbons (Fsp3) is 0.455. The number of alkyl halides is 4. The molecule has 1 aliphatic carbocycles. The number of halogens is 4. The lowest BCUT2D eigenvalue weighted by molar-refractivity contribution is -0.274. The van der Waals surface area contributed by atoms with Gasteiger partial charge in [0.25, 0.3) is 0 Å². The third-order valence-electron chi connectivity index (χ3n) is 9.30. The Hall–Kier alpha value is -4.06. The summed E-state index contributed by atoms with van der Waals surface area (Å²) in [6.45, 7) is 2.38. The molecular formula is C33H33F4N3O5. The summed E-state index contributed by atoms with van der Waals surface area (Å²) in [6.07, 6.45) is 0.737. The number of nitrogens with zero attached hydrogens (tertiary/aromatic N) is 3. The number of fused-ring (bicyclic) bond motifs is 3. The van der Waals surface area contributed by atoms with Crippen LogP contribution in [0.15, 0.2) is 53.2 Å². The highest BCUT2D eigenvalue weighted by molar-refractivity contribution is 6.04. The van der Waals surface area contributed by atoms with Crippen molar-refractivity contribution in [2.45, 2.75) is 88.6 Å². The normalized spacial score (nSPS) is 23.2. The summed E-state index contributed by atoms with van der Waals surface area (Å²) in [4.78, 5) is 14.0. The van der Waals surface area contributed by atoms with Crippen molar-refractivity contribution in [3.8, 4) is 17.0 Å². The molecule has 0 radical (unpaired) electrons. The number of carbonyl (C=O) groups is 1. The number of aromatic nitrogens is 2. The van der Waals surface area contributed by atoms with E-state index in [1.165, 1.54) is 18.2 Å². The van der Waals surface area contributed by atoms with E-state index in [-0.39, 0.29) is 60.9 Å². The highest BCUT2D eigenvalue weighted by atomic mass is 19.4. The van der Waals surface area contributed by atoms with Crippen LogP contribution in [0.4, 0.5) is 23.2 Å². The number of hydrogen-bond donors (Lipinski definition) is 1. The van der Waals surface area contributed by atoms with Crippen LogP contribution in [0.25, 0.3) is 22.2 Å². The smallest absolute Gasteiger partial charge is 0.478 e. The lowest BCUT2D eigenvalue weighted by Crippen LogP contribution is -2.51. The minimum absolute atomic E-state index is 0.0432. The molecule has 2 aromatic heterocycles. The number of ether oxygens (including phenoxy) is 2. The highest BCUT2D eigenvalue weighted by Crippen LogP contribution is 2.48. The van der Waals surface area contributed by atoms with Crippen molar-refractivity contribution >= 4 is 22.6 Å². The molecule has 3 fully saturated rings. The predicted octanol–water partition coefficient (Wildman–Crippen LogP) is 7.85. The van der Waals surface area contributed by atoms with Crippen molar-refractivity contribution in [2.24, 2.45) is 0 Å². The molecule has 238 valence electrons. The van der Waals surface area contributed by atoms with Crippen LogP contribution in [0.3, 0.4) is 0 Å². The fourth-order valence-corrected chi connectivity index (χ4v) is 7.25. The van der Waals surface area contributed by atoms with E-state index in [1.54, 1.807) is 12.3 Å². The van der Waals surface area contributed by atoms with Gasteiger partial charge >= 0.3 is 12.3 Å². The standard InChI is InChI=1S/C33H33F4N3O5/c1-2-39-16-25(31(41)42)23-12-11-20(13-27(23)39)40-21-9-10-22(40)15-32(34,14-21)18-43-17-26-29(38-45-30(26)19-7-8-19)24-5-3-4-6-28(24)44-33(35,36)37/h3-6,11-13,16,19,21-22H,2,7-10,14-15,17-18H2,1H3,(H,41,42). The molecule has 2 aromatic carbocycles. The van der Waals surface area contributed by atoms with Crippen LogP contribution in [0.5, 0.6) is 5.75 Å². The predicted molar refractivity (Wildman–Crippen MR) is 157 cm³/mol. The van der Waals surface area contributed by atoms with Gasteiger partial charge in [-0.1, -0.05) is 17.3 Å². The number of aryl methyl sites for hydroxylation is 1. The van der Waals surface area contributed by atoms with Gasteiger partial charge in [0.15, 0.2) is 0 Å². The van der Waals surface area contributed by atoms with Gasteiger partial charge in [0.1, 0.15) is 22.9 Å². The summed E-state index contributed by atoms with van der Waals surface area (Å²) in [7, 11) is 0. The Morgan fingerprint density at radius 2 is 1.84 bits per heavy atom. The van der Waals surface area contributed by atoms with E-state index >= 15 is 4.39 Å². The quantitative estimate of drug-likeness (QED) is 0.179. The first-order valence-corrected chi connectivity index (χ1v) is 15.3. The number of piperidine rings is 1. The Kier molecular flexibility index (Phi) is 7.30. The molecule has 2 atom stereocenters. The average molecular weight is 628 g/mol. The second kappa shape index (κ2) is 11.1.